The Morgan fingerprint density at radius 2 is 2.14 bits per heavy atom. The minimum absolute atomic E-state index is 0.145. The van der Waals surface area contributed by atoms with Crippen molar-refractivity contribution in [3.63, 3.8) is 0 Å². The maximum Gasteiger partial charge on any atom is 0.377 e. The highest BCUT2D eigenvalue weighted by molar-refractivity contribution is 5.89. The second-order valence-corrected chi connectivity index (χ2v) is 2.79. The molecular weight excluding hydrogens is 192 g/mol. The summed E-state index contributed by atoms with van der Waals surface area (Å²) < 4.78 is 14.4. The van der Waals surface area contributed by atoms with Crippen molar-refractivity contribution >= 4 is 5.97 Å². The lowest BCUT2D eigenvalue weighted by Gasteiger charge is -2.19. The molecule has 0 aliphatic carbocycles. The first-order chi connectivity index (χ1) is 6.61. The highest BCUT2D eigenvalue weighted by Crippen LogP contribution is 2.22. The first kappa shape index (κ1) is 10.8. The molecule has 0 aromatic heterocycles. The molecule has 0 saturated carbocycles. The largest absolute Gasteiger partial charge is 0.505 e. The van der Waals surface area contributed by atoms with Crippen LogP contribution in [-0.4, -0.2) is 49.2 Å². The van der Waals surface area contributed by atoms with Gasteiger partial charge in [0.1, 0.15) is 6.10 Å². The van der Waals surface area contributed by atoms with E-state index in [1.807, 2.05) is 0 Å². The number of hydrogen-bond acceptors (Lipinski definition) is 6. The number of cyclic esters (lactones) is 1. The van der Waals surface area contributed by atoms with Crippen LogP contribution >= 0.6 is 0 Å². The molecule has 1 heterocycles. The molecule has 1 unspecified atom stereocenters. The first-order valence-corrected chi connectivity index (χ1v) is 3.96. The van der Waals surface area contributed by atoms with Gasteiger partial charge in [0.25, 0.3) is 0 Å². The average molecular weight is 204 g/mol. The van der Waals surface area contributed by atoms with E-state index in [1.165, 1.54) is 14.2 Å². The van der Waals surface area contributed by atoms with Crippen molar-refractivity contribution in [3.8, 4) is 0 Å². The quantitative estimate of drug-likeness (QED) is 0.622. The van der Waals surface area contributed by atoms with E-state index in [9.17, 15) is 9.90 Å². The van der Waals surface area contributed by atoms with Crippen LogP contribution in [0.3, 0.4) is 0 Å². The van der Waals surface area contributed by atoms with Crippen molar-refractivity contribution < 1.29 is 29.2 Å². The van der Waals surface area contributed by atoms with Crippen LogP contribution in [0.4, 0.5) is 0 Å². The number of carbonyl (C=O) groups excluding carboxylic acids is 1. The maximum absolute atomic E-state index is 10.8. The van der Waals surface area contributed by atoms with Crippen molar-refractivity contribution in [2.24, 2.45) is 0 Å². The number of esters is 1. The SMILES string of the molecule is COC[C@@H](OC)C1OC(=O)C(O)=C1O. The molecule has 2 N–H and O–H groups in total. The van der Waals surface area contributed by atoms with Crippen molar-refractivity contribution in [3.05, 3.63) is 11.5 Å². The summed E-state index contributed by atoms with van der Waals surface area (Å²) in [5, 5.41) is 18.3. The minimum atomic E-state index is -0.993. The van der Waals surface area contributed by atoms with Crippen LogP contribution in [-0.2, 0) is 19.0 Å². The van der Waals surface area contributed by atoms with E-state index in [0.29, 0.717) is 0 Å². The zero-order valence-corrected chi connectivity index (χ0v) is 7.89. The molecule has 14 heavy (non-hydrogen) atoms. The molecule has 0 amide bonds. The van der Waals surface area contributed by atoms with Gasteiger partial charge in [-0.2, -0.15) is 0 Å². The van der Waals surface area contributed by atoms with Gasteiger partial charge in [0.2, 0.25) is 5.76 Å². The van der Waals surface area contributed by atoms with Crippen LogP contribution in [0.1, 0.15) is 0 Å². The summed E-state index contributed by atoms with van der Waals surface area (Å²) in [5.74, 6) is -2.24. The molecule has 1 rings (SSSR count). The Kier molecular flexibility index (Phi) is 3.32. The van der Waals surface area contributed by atoms with Crippen molar-refractivity contribution in [2.75, 3.05) is 20.8 Å². The summed E-state index contributed by atoms with van der Waals surface area (Å²) >= 11 is 0. The van der Waals surface area contributed by atoms with E-state index in [2.05, 4.69) is 4.74 Å². The van der Waals surface area contributed by atoms with Gasteiger partial charge in [0.05, 0.1) is 6.61 Å². The van der Waals surface area contributed by atoms with Gasteiger partial charge in [0, 0.05) is 14.2 Å². The second-order valence-electron chi connectivity index (χ2n) is 2.79. The number of rotatable bonds is 4. The van der Waals surface area contributed by atoms with E-state index in [4.69, 9.17) is 14.6 Å². The lowest BCUT2D eigenvalue weighted by molar-refractivity contribution is -0.149. The van der Waals surface area contributed by atoms with E-state index in [0.717, 1.165) is 0 Å². The Balaban J connectivity index is 2.75. The number of ether oxygens (including phenoxy) is 3. The first-order valence-electron chi connectivity index (χ1n) is 3.96. The fourth-order valence-electron chi connectivity index (χ4n) is 1.16. The molecule has 0 bridgehead atoms. The third-order valence-electron chi connectivity index (χ3n) is 1.91. The average Bonchev–Trinajstić information content (AvgIpc) is 2.42. The van der Waals surface area contributed by atoms with E-state index in [1.54, 1.807) is 0 Å². The maximum atomic E-state index is 10.8. The molecular formula is C8H12O6. The van der Waals surface area contributed by atoms with Crippen molar-refractivity contribution in [1.82, 2.24) is 0 Å². The molecule has 0 fully saturated rings. The van der Waals surface area contributed by atoms with Gasteiger partial charge < -0.3 is 24.4 Å². The number of aliphatic hydroxyl groups excluding tert-OH is 2. The smallest absolute Gasteiger partial charge is 0.377 e. The third kappa shape index (κ3) is 1.80. The summed E-state index contributed by atoms with van der Waals surface area (Å²) in [6, 6.07) is 0. The van der Waals surface area contributed by atoms with Crippen LogP contribution in [0.2, 0.25) is 0 Å². The molecule has 2 atom stereocenters. The molecule has 0 spiro atoms. The Morgan fingerprint density at radius 3 is 2.50 bits per heavy atom. The van der Waals surface area contributed by atoms with Crippen molar-refractivity contribution in [2.45, 2.75) is 12.2 Å². The lowest BCUT2D eigenvalue weighted by atomic mass is 10.2. The molecule has 6 nitrogen and oxygen atoms in total. The van der Waals surface area contributed by atoms with Gasteiger partial charge in [-0.1, -0.05) is 0 Å². The second kappa shape index (κ2) is 4.30. The summed E-state index contributed by atoms with van der Waals surface area (Å²) in [7, 11) is 2.84. The van der Waals surface area contributed by atoms with Gasteiger partial charge >= 0.3 is 5.97 Å². The molecule has 0 aromatic carbocycles. The Hall–Kier alpha value is -1.27. The van der Waals surface area contributed by atoms with Gasteiger partial charge in [0.15, 0.2) is 11.9 Å². The van der Waals surface area contributed by atoms with Gasteiger partial charge in [-0.25, -0.2) is 4.79 Å². The van der Waals surface area contributed by atoms with Gasteiger partial charge in [-0.15, -0.1) is 0 Å². The zero-order chi connectivity index (χ0) is 10.7. The Labute approximate surface area is 80.7 Å². The zero-order valence-electron chi connectivity index (χ0n) is 7.89. The van der Waals surface area contributed by atoms with Crippen LogP contribution < -0.4 is 0 Å². The normalized spacial score (nSPS) is 23.9. The molecule has 1 aliphatic rings. The molecule has 80 valence electrons. The molecule has 0 aromatic rings. The van der Waals surface area contributed by atoms with Crippen LogP contribution in [0.15, 0.2) is 11.5 Å². The predicted octanol–water partition coefficient (Wildman–Crippen LogP) is -0.0992. The number of aliphatic hydroxyl groups is 2. The summed E-state index contributed by atoms with van der Waals surface area (Å²) in [6.45, 7) is 0.145. The highest BCUT2D eigenvalue weighted by atomic mass is 16.6. The number of methoxy groups -OCH3 is 2. The fraction of sp³-hybridized carbons (Fsp3) is 0.625. The Morgan fingerprint density at radius 1 is 1.50 bits per heavy atom. The van der Waals surface area contributed by atoms with E-state index < -0.39 is 29.7 Å². The van der Waals surface area contributed by atoms with Crippen molar-refractivity contribution in [1.29, 1.82) is 0 Å². The topological polar surface area (TPSA) is 85.2 Å². The predicted molar refractivity (Wildman–Crippen MR) is 44.8 cm³/mol. The molecule has 0 saturated heterocycles. The van der Waals surface area contributed by atoms with Crippen LogP contribution in [0, 0.1) is 0 Å². The lowest BCUT2D eigenvalue weighted by Crippen LogP contribution is -2.34. The summed E-state index contributed by atoms with van der Waals surface area (Å²) in [6.07, 6.45) is -1.62. The standard InChI is InChI=1S/C8H12O6/c1-12-3-4(13-2)7-5(9)6(10)8(11)14-7/h4,7,9-10H,3H2,1-2H3/t4-,7?/m1/s1. The van der Waals surface area contributed by atoms with Gasteiger partial charge in [-0.05, 0) is 0 Å². The number of carbonyl (C=O) groups is 1. The van der Waals surface area contributed by atoms with Gasteiger partial charge in [-0.3, -0.25) is 0 Å². The molecule has 0 radical (unpaired) electrons. The van der Waals surface area contributed by atoms with Crippen LogP contribution in [0.25, 0.3) is 0 Å². The van der Waals surface area contributed by atoms with E-state index >= 15 is 0 Å². The number of hydrogen-bond donors (Lipinski definition) is 2. The molecule has 1 aliphatic heterocycles. The highest BCUT2D eigenvalue weighted by Gasteiger charge is 2.40. The van der Waals surface area contributed by atoms with E-state index in [-0.39, 0.29) is 6.61 Å². The fourth-order valence-corrected chi connectivity index (χ4v) is 1.16. The summed E-state index contributed by atoms with van der Waals surface area (Å²) in [5.41, 5.74) is 0. The van der Waals surface area contributed by atoms with Crippen LogP contribution in [0.5, 0.6) is 0 Å². The third-order valence-corrected chi connectivity index (χ3v) is 1.91. The molecule has 6 heteroatoms. The minimum Gasteiger partial charge on any atom is -0.505 e. The Bertz CT molecular complexity index is 259. The monoisotopic (exact) mass is 204 g/mol. The summed E-state index contributed by atoms with van der Waals surface area (Å²) in [4.78, 5) is 10.8.